The number of hydrogen-bond acceptors (Lipinski definition) is 3. The lowest BCUT2D eigenvalue weighted by atomic mass is 10.1. The van der Waals surface area contributed by atoms with Crippen LogP contribution < -0.4 is 10.2 Å². The fourth-order valence-corrected chi connectivity index (χ4v) is 2.55. The Bertz CT molecular complexity index is 427. The van der Waals surface area contributed by atoms with Crippen molar-refractivity contribution in [3.05, 3.63) is 29.3 Å². The zero-order chi connectivity index (χ0) is 14.5. The van der Waals surface area contributed by atoms with Gasteiger partial charge in [-0.05, 0) is 50.8 Å². The number of ether oxygens (including phenoxy) is 1. The molecule has 0 heterocycles. The molecule has 1 saturated carbocycles. The molecule has 1 aliphatic carbocycles. The van der Waals surface area contributed by atoms with E-state index in [-0.39, 0.29) is 0 Å². The van der Waals surface area contributed by atoms with Gasteiger partial charge in [0.1, 0.15) is 0 Å². The first kappa shape index (κ1) is 15.3. The van der Waals surface area contributed by atoms with Gasteiger partial charge in [0.05, 0.1) is 6.61 Å². The van der Waals surface area contributed by atoms with E-state index in [9.17, 15) is 0 Å². The second-order valence-electron chi connectivity index (χ2n) is 6.06. The molecule has 0 atom stereocenters. The number of rotatable bonds is 8. The molecule has 112 valence electrons. The number of methoxy groups -OCH3 is 1. The van der Waals surface area contributed by atoms with Gasteiger partial charge in [-0.3, -0.25) is 0 Å². The van der Waals surface area contributed by atoms with Gasteiger partial charge in [0.25, 0.3) is 0 Å². The lowest BCUT2D eigenvalue weighted by molar-refractivity contribution is 0.204. The maximum atomic E-state index is 5.23. The number of hydrogen-bond donors (Lipinski definition) is 1. The SMILES string of the molecule is COCCN(c1ccc(CNC2CC2)cc1C)C(C)C. The van der Waals surface area contributed by atoms with Crippen molar-refractivity contribution in [1.29, 1.82) is 0 Å². The minimum Gasteiger partial charge on any atom is -0.383 e. The molecule has 0 amide bonds. The Labute approximate surface area is 123 Å². The van der Waals surface area contributed by atoms with Crippen LogP contribution in [-0.2, 0) is 11.3 Å². The highest BCUT2D eigenvalue weighted by molar-refractivity contribution is 5.55. The summed E-state index contributed by atoms with van der Waals surface area (Å²) >= 11 is 0. The number of anilines is 1. The molecule has 0 aliphatic heterocycles. The van der Waals surface area contributed by atoms with Crippen LogP contribution in [0.1, 0.15) is 37.8 Å². The van der Waals surface area contributed by atoms with Gasteiger partial charge >= 0.3 is 0 Å². The summed E-state index contributed by atoms with van der Waals surface area (Å²) in [6, 6.07) is 8.07. The van der Waals surface area contributed by atoms with Gasteiger partial charge in [0, 0.05) is 38.0 Å². The largest absolute Gasteiger partial charge is 0.383 e. The zero-order valence-corrected chi connectivity index (χ0v) is 13.3. The molecule has 1 aromatic rings. The Morgan fingerprint density at radius 1 is 1.35 bits per heavy atom. The Morgan fingerprint density at radius 3 is 2.65 bits per heavy atom. The number of benzene rings is 1. The second-order valence-corrected chi connectivity index (χ2v) is 6.06. The molecular formula is C17H28N2O. The van der Waals surface area contributed by atoms with Gasteiger partial charge in [0.2, 0.25) is 0 Å². The van der Waals surface area contributed by atoms with Gasteiger partial charge in [-0.25, -0.2) is 0 Å². The molecular weight excluding hydrogens is 248 g/mol. The van der Waals surface area contributed by atoms with Crippen LogP contribution in [0.3, 0.4) is 0 Å². The van der Waals surface area contributed by atoms with Crippen LogP contribution in [0.5, 0.6) is 0 Å². The maximum Gasteiger partial charge on any atom is 0.0637 e. The fourth-order valence-electron chi connectivity index (χ4n) is 2.55. The number of aryl methyl sites for hydroxylation is 1. The van der Waals surface area contributed by atoms with Crippen LogP contribution in [0.4, 0.5) is 5.69 Å². The van der Waals surface area contributed by atoms with Crippen molar-refractivity contribution in [3.8, 4) is 0 Å². The topological polar surface area (TPSA) is 24.5 Å². The van der Waals surface area contributed by atoms with E-state index < -0.39 is 0 Å². The molecule has 1 N–H and O–H groups in total. The molecule has 3 heteroatoms. The molecule has 0 aromatic heterocycles. The quantitative estimate of drug-likeness (QED) is 0.789. The Hall–Kier alpha value is -1.06. The molecule has 2 rings (SSSR count). The van der Waals surface area contributed by atoms with E-state index in [0.29, 0.717) is 6.04 Å². The third-order valence-corrected chi connectivity index (χ3v) is 3.90. The summed E-state index contributed by atoms with van der Waals surface area (Å²) < 4.78 is 5.23. The van der Waals surface area contributed by atoms with E-state index in [0.717, 1.165) is 25.7 Å². The van der Waals surface area contributed by atoms with Gasteiger partial charge < -0.3 is 15.0 Å². The lowest BCUT2D eigenvalue weighted by Crippen LogP contribution is -2.34. The Morgan fingerprint density at radius 2 is 2.10 bits per heavy atom. The summed E-state index contributed by atoms with van der Waals surface area (Å²) in [4.78, 5) is 2.41. The molecule has 3 nitrogen and oxygen atoms in total. The minimum atomic E-state index is 0.485. The van der Waals surface area contributed by atoms with Crippen LogP contribution in [0.25, 0.3) is 0 Å². The van der Waals surface area contributed by atoms with Crippen molar-refractivity contribution in [3.63, 3.8) is 0 Å². The average molecular weight is 276 g/mol. The summed E-state index contributed by atoms with van der Waals surface area (Å²) in [5.74, 6) is 0. The standard InChI is InChI=1S/C17H28N2O/c1-13(2)19(9-10-20-4)17-8-5-15(11-14(17)3)12-18-16-6-7-16/h5,8,11,13,16,18H,6-7,9-10,12H2,1-4H3. The number of nitrogens with one attached hydrogen (secondary N) is 1. The average Bonchev–Trinajstić information content (AvgIpc) is 3.22. The highest BCUT2D eigenvalue weighted by Gasteiger charge is 2.20. The zero-order valence-electron chi connectivity index (χ0n) is 13.3. The first-order valence-electron chi connectivity index (χ1n) is 7.70. The van der Waals surface area contributed by atoms with Crippen LogP contribution in [0.15, 0.2) is 18.2 Å². The van der Waals surface area contributed by atoms with Gasteiger partial charge in [-0.15, -0.1) is 0 Å². The first-order valence-corrected chi connectivity index (χ1v) is 7.70. The van der Waals surface area contributed by atoms with Gasteiger partial charge in [-0.2, -0.15) is 0 Å². The summed E-state index contributed by atoms with van der Waals surface area (Å²) in [5.41, 5.74) is 4.06. The Kier molecular flexibility index (Phi) is 5.44. The van der Waals surface area contributed by atoms with Gasteiger partial charge in [0.15, 0.2) is 0 Å². The van der Waals surface area contributed by atoms with Crippen molar-refractivity contribution < 1.29 is 4.74 Å². The van der Waals surface area contributed by atoms with Crippen molar-refractivity contribution >= 4 is 5.69 Å². The van der Waals surface area contributed by atoms with E-state index in [4.69, 9.17) is 4.74 Å². The third-order valence-electron chi connectivity index (χ3n) is 3.90. The monoisotopic (exact) mass is 276 g/mol. The van der Waals surface area contributed by atoms with E-state index >= 15 is 0 Å². The first-order chi connectivity index (χ1) is 9.61. The predicted octanol–water partition coefficient (Wildman–Crippen LogP) is 3.11. The van der Waals surface area contributed by atoms with E-state index in [1.807, 2.05) is 0 Å². The van der Waals surface area contributed by atoms with Crippen molar-refractivity contribution in [2.45, 2.75) is 52.2 Å². The lowest BCUT2D eigenvalue weighted by Gasteiger charge is -2.30. The highest BCUT2D eigenvalue weighted by Crippen LogP contribution is 2.24. The van der Waals surface area contributed by atoms with Crippen LogP contribution in [0.2, 0.25) is 0 Å². The van der Waals surface area contributed by atoms with Crippen molar-refractivity contribution in [2.24, 2.45) is 0 Å². The maximum absolute atomic E-state index is 5.23. The molecule has 0 bridgehead atoms. The fraction of sp³-hybridized carbons (Fsp3) is 0.647. The van der Waals surface area contributed by atoms with E-state index in [1.165, 1.54) is 29.7 Å². The molecule has 0 unspecified atom stereocenters. The summed E-state index contributed by atoms with van der Waals surface area (Å²) in [6.45, 7) is 9.37. The van der Waals surface area contributed by atoms with Gasteiger partial charge in [-0.1, -0.05) is 12.1 Å². The molecule has 0 radical (unpaired) electrons. The smallest absolute Gasteiger partial charge is 0.0637 e. The van der Waals surface area contributed by atoms with Crippen LogP contribution >= 0.6 is 0 Å². The van der Waals surface area contributed by atoms with Crippen molar-refractivity contribution in [1.82, 2.24) is 5.32 Å². The highest BCUT2D eigenvalue weighted by atomic mass is 16.5. The normalized spacial score (nSPS) is 14.8. The predicted molar refractivity (Wildman–Crippen MR) is 85.4 cm³/mol. The summed E-state index contributed by atoms with van der Waals surface area (Å²) in [6.07, 6.45) is 2.68. The molecule has 20 heavy (non-hydrogen) atoms. The molecule has 0 saturated heterocycles. The summed E-state index contributed by atoms with van der Waals surface area (Å²) in [5, 5.41) is 3.57. The molecule has 1 aliphatic rings. The Balaban J connectivity index is 2.04. The molecule has 1 aromatic carbocycles. The third kappa shape index (κ3) is 4.22. The van der Waals surface area contributed by atoms with Crippen molar-refractivity contribution in [2.75, 3.05) is 25.2 Å². The van der Waals surface area contributed by atoms with E-state index in [1.54, 1.807) is 7.11 Å². The van der Waals surface area contributed by atoms with Crippen LogP contribution in [0, 0.1) is 6.92 Å². The minimum absolute atomic E-state index is 0.485. The molecule has 1 fully saturated rings. The molecule has 0 spiro atoms. The van der Waals surface area contributed by atoms with E-state index in [2.05, 4.69) is 49.2 Å². The second kappa shape index (κ2) is 7.09. The number of nitrogens with zero attached hydrogens (tertiary/aromatic N) is 1. The summed E-state index contributed by atoms with van der Waals surface area (Å²) in [7, 11) is 1.76. The van der Waals surface area contributed by atoms with Crippen LogP contribution in [-0.4, -0.2) is 32.3 Å².